The van der Waals surface area contributed by atoms with E-state index in [0.717, 1.165) is 6.42 Å². The molecule has 1 unspecified atom stereocenters. The Balaban J connectivity index is 3.39. The molecule has 0 aromatic heterocycles. The van der Waals surface area contributed by atoms with E-state index < -0.39 is 26.4 Å². The third-order valence-corrected chi connectivity index (χ3v) is 5.92. The highest BCUT2D eigenvalue weighted by Gasteiger charge is 2.41. The zero-order valence-corrected chi connectivity index (χ0v) is 14.1. The fourth-order valence-corrected chi connectivity index (χ4v) is 2.78. The Kier molecular flexibility index (Phi) is 5.75. The molecular formula is C15H24FNO3S. The number of benzene rings is 1. The van der Waals surface area contributed by atoms with Crippen LogP contribution in [0.2, 0.25) is 0 Å². The summed E-state index contributed by atoms with van der Waals surface area (Å²) in [6, 6.07) is 4.12. The summed E-state index contributed by atoms with van der Waals surface area (Å²) in [5, 5.41) is 3.15. The summed E-state index contributed by atoms with van der Waals surface area (Å²) in [6.45, 7) is 5.78. The monoisotopic (exact) mass is 317 g/mol. The van der Waals surface area contributed by atoms with Gasteiger partial charge < -0.3 is 10.1 Å². The van der Waals surface area contributed by atoms with Crippen LogP contribution < -0.4 is 10.1 Å². The number of hydrogen-bond donors (Lipinski definition) is 1. The fourth-order valence-electron chi connectivity index (χ4n) is 2.14. The normalized spacial score (nSPS) is 14.0. The summed E-state index contributed by atoms with van der Waals surface area (Å²) in [4.78, 5) is 0. The van der Waals surface area contributed by atoms with Gasteiger partial charge in [-0.2, -0.15) is 0 Å². The molecular weight excluding hydrogens is 293 g/mol. The van der Waals surface area contributed by atoms with Crippen molar-refractivity contribution >= 4 is 9.84 Å². The first-order chi connectivity index (χ1) is 9.66. The molecule has 0 fully saturated rings. The van der Waals surface area contributed by atoms with Crippen LogP contribution in [-0.4, -0.2) is 33.1 Å². The van der Waals surface area contributed by atoms with Gasteiger partial charge in [-0.3, -0.25) is 0 Å². The maximum atomic E-state index is 14.5. The van der Waals surface area contributed by atoms with E-state index in [4.69, 9.17) is 4.74 Å². The molecule has 0 amide bonds. The van der Waals surface area contributed by atoms with Crippen molar-refractivity contribution in [2.75, 3.05) is 19.9 Å². The molecule has 6 heteroatoms. The third kappa shape index (κ3) is 3.74. The van der Waals surface area contributed by atoms with Gasteiger partial charge in [0.15, 0.2) is 21.4 Å². The third-order valence-electron chi connectivity index (χ3n) is 3.77. The van der Waals surface area contributed by atoms with Crippen molar-refractivity contribution < 1.29 is 17.5 Å². The number of methoxy groups -OCH3 is 1. The maximum Gasteiger partial charge on any atom is 0.169 e. The minimum absolute atomic E-state index is 0.111. The summed E-state index contributed by atoms with van der Waals surface area (Å²) < 4.78 is 42.6. The van der Waals surface area contributed by atoms with Gasteiger partial charge in [0.05, 0.1) is 17.9 Å². The van der Waals surface area contributed by atoms with E-state index in [1.54, 1.807) is 26.0 Å². The van der Waals surface area contributed by atoms with Crippen LogP contribution in [0.4, 0.5) is 4.39 Å². The molecule has 1 N–H and O–H groups in total. The molecule has 1 aromatic rings. The average molecular weight is 317 g/mol. The second-order valence-electron chi connectivity index (χ2n) is 5.63. The summed E-state index contributed by atoms with van der Waals surface area (Å²) in [5.74, 6) is -0.412. The van der Waals surface area contributed by atoms with E-state index in [9.17, 15) is 12.8 Å². The molecule has 0 heterocycles. The predicted octanol–water partition coefficient (Wildman–Crippen LogP) is 2.70. The minimum atomic E-state index is -3.39. The van der Waals surface area contributed by atoms with Crippen LogP contribution in [0.15, 0.2) is 18.2 Å². The van der Waals surface area contributed by atoms with Crippen molar-refractivity contribution in [3.05, 3.63) is 29.6 Å². The van der Waals surface area contributed by atoms with E-state index in [2.05, 4.69) is 5.32 Å². The second-order valence-corrected chi connectivity index (χ2v) is 8.22. The Morgan fingerprint density at radius 1 is 1.38 bits per heavy atom. The van der Waals surface area contributed by atoms with Crippen LogP contribution >= 0.6 is 0 Å². The van der Waals surface area contributed by atoms with Gasteiger partial charge in [0.25, 0.3) is 0 Å². The van der Waals surface area contributed by atoms with Gasteiger partial charge in [-0.1, -0.05) is 19.1 Å². The molecule has 0 aliphatic carbocycles. The molecule has 0 saturated heterocycles. The van der Waals surface area contributed by atoms with Crippen molar-refractivity contribution in [3.8, 4) is 5.75 Å². The van der Waals surface area contributed by atoms with Crippen LogP contribution in [0, 0.1) is 5.82 Å². The van der Waals surface area contributed by atoms with Gasteiger partial charge in [-0.05, 0) is 32.9 Å². The van der Waals surface area contributed by atoms with Gasteiger partial charge in [0, 0.05) is 11.8 Å². The molecule has 0 saturated carbocycles. The summed E-state index contributed by atoms with van der Waals surface area (Å²) in [7, 11) is -2.00. The molecule has 0 bridgehead atoms. The van der Waals surface area contributed by atoms with Crippen molar-refractivity contribution in [3.63, 3.8) is 0 Å². The molecule has 1 atom stereocenters. The van der Waals surface area contributed by atoms with E-state index in [1.807, 2.05) is 6.92 Å². The lowest BCUT2D eigenvalue weighted by atomic mass is 9.94. The molecule has 0 radical (unpaired) electrons. The Labute approximate surface area is 126 Å². The first-order valence-corrected chi connectivity index (χ1v) is 8.81. The van der Waals surface area contributed by atoms with Gasteiger partial charge in [0.1, 0.15) is 0 Å². The average Bonchev–Trinajstić information content (AvgIpc) is 2.39. The second kappa shape index (κ2) is 6.75. The zero-order chi connectivity index (χ0) is 16.3. The molecule has 4 nitrogen and oxygen atoms in total. The summed E-state index contributed by atoms with van der Waals surface area (Å²) >= 11 is 0. The van der Waals surface area contributed by atoms with Crippen molar-refractivity contribution in [1.82, 2.24) is 5.32 Å². The maximum absolute atomic E-state index is 14.5. The largest absolute Gasteiger partial charge is 0.494 e. The van der Waals surface area contributed by atoms with Gasteiger partial charge in [-0.15, -0.1) is 0 Å². The van der Waals surface area contributed by atoms with Gasteiger partial charge in [-0.25, -0.2) is 12.8 Å². The van der Waals surface area contributed by atoms with Crippen LogP contribution in [0.25, 0.3) is 0 Å². The lowest BCUT2D eigenvalue weighted by Crippen LogP contribution is -2.45. The standard InChI is InChI=1S/C15H24FNO3S/c1-6-10-17-14(15(2,3)21(5,18)19)11-8-7-9-12(20-4)13(11)16/h7-9,14,17H,6,10H2,1-5H3. The quantitative estimate of drug-likeness (QED) is 0.840. The summed E-state index contributed by atoms with van der Waals surface area (Å²) in [6.07, 6.45) is 1.99. The van der Waals surface area contributed by atoms with Crippen LogP contribution in [0.1, 0.15) is 38.8 Å². The van der Waals surface area contributed by atoms with E-state index in [0.29, 0.717) is 12.1 Å². The Morgan fingerprint density at radius 2 is 2.00 bits per heavy atom. The van der Waals surface area contributed by atoms with Crippen molar-refractivity contribution in [1.29, 1.82) is 0 Å². The molecule has 1 rings (SSSR count). The Hall–Kier alpha value is -1.14. The lowest BCUT2D eigenvalue weighted by molar-refractivity contribution is 0.367. The van der Waals surface area contributed by atoms with E-state index >= 15 is 0 Å². The lowest BCUT2D eigenvalue weighted by Gasteiger charge is -2.34. The number of nitrogens with one attached hydrogen (secondary N) is 1. The highest BCUT2D eigenvalue weighted by atomic mass is 32.2. The van der Waals surface area contributed by atoms with E-state index in [1.165, 1.54) is 19.4 Å². The smallest absolute Gasteiger partial charge is 0.169 e. The molecule has 120 valence electrons. The number of hydrogen-bond acceptors (Lipinski definition) is 4. The van der Waals surface area contributed by atoms with Gasteiger partial charge in [0.2, 0.25) is 0 Å². The zero-order valence-electron chi connectivity index (χ0n) is 13.2. The summed E-state index contributed by atoms with van der Waals surface area (Å²) in [5.41, 5.74) is 0.304. The van der Waals surface area contributed by atoms with E-state index in [-0.39, 0.29) is 5.75 Å². The fraction of sp³-hybridized carbons (Fsp3) is 0.600. The number of ether oxygens (including phenoxy) is 1. The molecule has 0 aliphatic rings. The SMILES string of the molecule is CCCNC(c1cccc(OC)c1F)C(C)(C)S(C)(=O)=O. The van der Waals surface area contributed by atoms with Crippen molar-refractivity contribution in [2.45, 2.75) is 38.0 Å². The first-order valence-electron chi connectivity index (χ1n) is 6.92. The number of rotatable bonds is 7. The highest BCUT2D eigenvalue weighted by molar-refractivity contribution is 7.92. The highest BCUT2D eigenvalue weighted by Crippen LogP contribution is 2.35. The Morgan fingerprint density at radius 3 is 2.48 bits per heavy atom. The molecule has 21 heavy (non-hydrogen) atoms. The topological polar surface area (TPSA) is 55.4 Å². The Bertz CT molecular complexity index is 585. The van der Waals surface area contributed by atoms with Crippen LogP contribution in [0.5, 0.6) is 5.75 Å². The van der Waals surface area contributed by atoms with Crippen LogP contribution in [0.3, 0.4) is 0 Å². The van der Waals surface area contributed by atoms with Gasteiger partial charge >= 0.3 is 0 Å². The molecule has 0 aliphatic heterocycles. The minimum Gasteiger partial charge on any atom is -0.494 e. The predicted molar refractivity (Wildman–Crippen MR) is 82.9 cm³/mol. The molecule has 1 aromatic carbocycles. The number of sulfone groups is 1. The van der Waals surface area contributed by atoms with Crippen LogP contribution in [-0.2, 0) is 9.84 Å². The number of halogens is 1. The molecule has 0 spiro atoms. The van der Waals surface area contributed by atoms with Crippen molar-refractivity contribution in [2.24, 2.45) is 0 Å². The first kappa shape index (κ1) is 17.9.